The number of amides is 1. The van der Waals surface area contributed by atoms with Crippen molar-refractivity contribution in [2.75, 3.05) is 0 Å². The van der Waals surface area contributed by atoms with Crippen LogP contribution in [0.1, 0.15) is 24.1 Å². The van der Waals surface area contributed by atoms with Gasteiger partial charge in [-0.1, -0.05) is 41.4 Å². The van der Waals surface area contributed by atoms with Crippen molar-refractivity contribution in [1.82, 2.24) is 5.32 Å². The number of hydrogen-bond donors (Lipinski definition) is 1. The van der Waals surface area contributed by atoms with E-state index in [1.807, 2.05) is 6.92 Å². The molecule has 0 aliphatic rings. The quantitative estimate of drug-likeness (QED) is 0.877. The smallest absolute Gasteiger partial charge is 0.224 e. The van der Waals surface area contributed by atoms with E-state index in [1.54, 1.807) is 30.3 Å². The molecule has 5 heteroatoms. The Morgan fingerprint density at radius 3 is 2.43 bits per heavy atom. The van der Waals surface area contributed by atoms with Crippen LogP contribution in [0.5, 0.6) is 0 Å². The van der Waals surface area contributed by atoms with Crippen LogP contribution in [0.3, 0.4) is 0 Å². The molecule has 0 heterocycles. The van der Waals surface area contributed by atoms with E-state index >= 15 is 0 Å². The molecule has 1 amide bonds. The number of carbonyl (C=O) groups excluding carboxylic acids is 1. The molecule has 110 valence electrons. The van der Waals surface area contributed by atoms with Gasteiger partial charge in [0.15, 0.2) is 0 Å². The first-order chi connectivity index (χ1) is 9.95. The first-order valence-electron chi connectivity index (χ1n) is 6.44. The number of benzene rings is 2. The van der Waals surface area contributed by atoms with E-state index in [9.17, 15) is 9.18 Å². The molecule has 0 aliphatic carbocycles. The molecule has 0 unspecified atom stereocenters. The van der Waals surface area contributed by atoms with Crippen molar-refractivity contribution >= 4 is 29.1 Å². The highest BCUT2D eigenvalue weighted by Crippen LogP contribution is 2.23. The Balaban J connectivity index is 1.97. The van der Waals surface area contributed by atoms with Crippen molar-refractivity contribution in [3.05, 3.63) is 69.5 Å². The lowest BCUT2D eigenvalue weighted by Crippen LogP contribution is -2.28. The first kappa shape index (κ1) is 15.8. The minimum Gasteiger partial charge on any atom is -0.349 e. The summed E-state index contributed by atoms with van der Waals surface area (Å²) in [7, 11) is 0. The molecule has 0 saturated carbocycles. The summed E-state index contributed by atoms with van der Waals surface area (Å²) in [6.07, 6.45) is 0.211. The highest BCUT2D eigenvalue weighted by Gasteiger charge is 2.11. The summed E-state index contributed by atoms with van der Waals surface area (Å²) in [6, 6.07) is 11.0. The van der Waals surface area contributed by atoms with Crippen LogP contribution in [0, 0.1) is 5.82 Å². The van der Waals surface area contributed by atoms with Gasteiger partial charge in [-0.05, 0) is 42.3 Å². The maximum absolute atomic E-state index is 12.9. The fraction of sp³-hybridized carbons (Fsp3) is 0.188. The summed E-state index contributed by atoms with van der Waals surface area (Å²) < 4.78 is 12.9. The van der Waals surface area contributed by atoms with E-state index in [1.165, 1.54) is 12.1 Å². The van der Waals surface area contributed by atoms with Crippen LogP contribution in [0.2, 0.25) is 10.0 Å². The maximum Gasteiger partial charge on any atom is 0.224 e. The van der Waals surface area contributed by atoms with Crippen molar-refractivity contribution in [2.24, 2.45) is 0 Å². The van der Waals surface area contributed by atoms with Crippen LogP contribution in [-0.4, -0.2) is 5.91 Å². The predicted octanol–water partition coefficient (Wildman–Crippen LogP) is 4.55. The second-order valence-corrected chi connectivity index (χ2v) is 5.58. The zero-order chi connectivity index (χ0) is 15.4. The van der Waals surface area contributed by atoms with Crippen molar-refractivity contribution in [3.63, 3.8) is 0 Å². The summed E-state index contributed by atoms with van der Waals surface area (Å²) in [6.45, 7) is 1.85. The first-order valence-corrected chi connectivity index (χ1v) is 7.20. The number of carbonyl (C=O) groups is 1. The fourth-order valence-corrected chi connectivity index (χ4v) is 2.28. The fourth-order valence-electron chi connectivity index (χ4n) is 1.96. The van der Waals surface area contributed by atoms with Crippen LogP contribution >= 0.6 is 23.2 Å². The van der Waals surface area contributed by atoms with Crippen molar-refractivity contribution in [1.29, 1.82) is 0 Å². The molecule has 0 bridgehead atoms. The van der Waals surface area contributed by atoms with E-state index in [-0.39, 0.29) is 24.2 Å². The number of hydrogen-bond acceptors (Lipinski definition) is 1. The molecule has 1 N–H and O–H groups in total. The van der Waals surface area contributed by atoms with E-state index in [0.29, 0.717) is 10.0 Å². The molecule has 0 fully saturated rings. The third-order valence-corrected chi connectivity index (χ3v) is 3.84. The van der Waals surface area contributed by atoms with Crippen molar-refractivity contribution < 1.29 is 9.18 Å². The zero-order valence-electron chi connectivity index (χ0n) is 11.4. The summed E-state index contributed by atoms with van der Waals surface area (Å²) in [4.78, 5) is 12.0. The largest absolute Gasteiger partial charge is 0.349 e. The number of halogens is 3. The monoisotopic (exact) mass is 325 g/mol. The lowest BCUT2D eigenvalue weighted by atomic mass is 10.1. The molecule has 0 aliphatic heterocycles. The normalized spacial score (nSPS) is 12.0. The molecule has 2 aromatic carbocycles. The van der Waals surface area contributed by atoms with Gasteiger partial charge in [0.2, 0.25) is 5.91 Å². The van der Waals surface area contributed by atoms with Gasteiger partial charge in [-0.3, -0.25) is 4.79 Å². The predicted molar refractivity (Wildman–Crippen MR) is 83.1 cm³/mol. The molecule has 2 aromatic rings. The maximum atomic E-state index is 12.9. The molecule has 0 radical (unpaired) electrons. The second kappa shape index (κ2) is 6.92. The van der Waals surface area contributed by atoms with E-state index in [4.69, 9.17) is 23.2 Å². The van der Waals surface area contributed by atoms with Crippen molar-refractivity contribution in [3.8, 4) is 0 Å². The van der Waals surface area contributed by atoms with Gasteiger partial charge < -0.3 is 5.32 Å². The average molecular weight is 326 g/mol. The van der Waals surface area contributed by atoms with Gasteiger partial charge in [-0.15, -0.1) is 0 Å². The number of rotatable bonds is 4. The molecule has 2 nitrogen and oxygen atoms in total. The lowest BCUT2D eigenvalue weighted by molar-refractivity contribution is -0.121. The Morgan fingerprint density at radius 2 is 1.81 bits per heavy atom. The van der Waals surface area contributed by atoms with Gasteiger partial charge in [0.05, 0.1) is 22.5 Å². The van der Waals surface area contributed by atoms with Crippen LogP contribution in [-0.2, 0) is 11.2 Å². The molecule has 0 aromatic heterocycles. The Bertz CT molecular complexity index is 643. The number of nitrogens with one attached hydrogen (secondary N) is 1. The molecule has 0 saturated heterocycles. The minimum atomic E-state index is -0.298. The Kier molecular flexibility index (Phi) is 5.21. The van der Waals surface area contributed by atoms with Gasteiger partial charge in [0, 0.05) is 0 Å². The van der Waals surface area contributed by atoms with Gasteiger partial charge >= 0.3 is 0 Å². The Labute approximate surface area is 132 Å². The third kappa shape index (κ3) is 4.45. The van der Waals surface area contributed by atoms with Gasteiger partial charge in [0.25, 0.3) is 0 Å². The van der Waals surface area contributed by atoms with E-state index in [0.717, 1.165) is 11.1 Å². The van der Waals surface area contributed by atoms with Crippen LogP contribution in [0.4, 0.5) is 4.39 Å². The summed E-state index contributed by atoms with van der Waals surface area (Å²) in [5.74, 6) is -0.432. The molecule has 0 spiro atoms. The molecule has 1 atom stereocenters. The standard InChI is InChI=1S/C16H14Cl2FNO/c1-10(12-3-5-13(19)6-4-12)20-16(21)9-11-2-7-14(17)15(18)8-11/h2-8,10H,9H2,1H3,(H,20,21)/t10-/m1/s1. The molecular weight excluding hydrogens is 312 g/mol. The van der Waals surface area contributed by atoms with Crippen LogP contribution in [0.15, 0.2) is 42.5 Å². The minimum absolute atomic E-state index is 0.134. The van der Waals surface area contributed by atoms with Crippen LogP contribution < -0.4 is 5.32 Å². The summed E-state index contributed by atoms with van der Waals surface area (Å²) in [5.41, 5.74) is 1.63. The second-order valence-electron chi connectivity index (χ2n) is 4.77. The topological polar surface area (TPSA) is 29.1 Å². The van der Waals surface area contributed by atoms with Gasteiger partial charge in [-0.25, -0.2) is 4.39 Å². The highest BCUT2D eigenvalue weighted by molar-refractivity contribution is 6.42. The van der Waals surface area contributed by atoms with Crippen molar-refractivity contribution in [2.45, 2.75) is 19.4 Å². The third-order valence-electron chi connectivity index (χ3n) is 3.10. The average Bonchev–Trinajstić information content (AvgIpc) is 2.43. The Morgan fingerprint density at radius 1 is 1.14 bits per heavy atom. The van der Waals surface area contributed by atoms with Crippen LogP contribution in [0.25, 0.3) is 0 Å². The molecule has 2 rings (SSSR count). The molecule has 21 heavy (non-hydrogen) atoms. The van der Waals surface area contributed by atoms with Gasteiger partial charge in [0.1, 0.15) is 5.82 Å². The Hall–Kier alpha value is -1.58. The van der Waals surface area contributed by atoms with E-state index in [2.05, 4.69) is 5.32 Å². The van der Waals surface area contributed by atoms with E-state index < -0.39 is 0 Å². The summed E-state index contributed by atoms with van der Waals surface area (Å²) >= 11 is 11.7. The lowest BCUT2D eigenvalue weighted by Gasteiger charge is -2.14. The SMILES string of the molecule is C[C@@H](NC(=O)Cc1ccc(Cl)c(Cl)c1)c1ccc(F)cc1. The summed E-state index contributed by atoms with van der Waals surface area (Å²) in [5, 5.41) is 3.74. The molecular formula is C16H14Cl2FNO. The zero-order valence-corrected chi connectivity index (χ0v) is 12.9. The van der Waals surface area contributed by atoms with Gasteiger partial charge in [-0.2, -0.15) is 0 Å². The highest BCUT2D eigenvalue weighted by atomic mass is 35.5.